The number of benzene rings is 2. The van der Waals surface area contributed by atoms with Crippen LogP contribution in [-0.2, 0) is 6.54 Å². The average molecular weight is 265 g/mol. The van der Waals surface area contributed by atoms with E-state index in [-0.39, 0.29) is 11.4 Å². The molecule has 0 aliphatic rings. The lowest BCUT2D eigenvalue weighted by Gasteiger charge is -2.10. The summed E-state index contributed by atoms with van der Waals surface area (Å²) >= 11 is 0. The summed E-state index contributed by atoms with van der Waals surface area (Å²) in [4.78, 5) is 0. The minimum absolute atomic E-state index is 0.00938. The number of nitrogens with one attached hydrogen (secondary N) is 1. The smallest absolute Gasteiger partial charge is 0.263 e. The average Bonchev–Trinajstić information content (AvgIpc) is 2.38. The molecule has 0 amide bonds. The van der Waals surface area contributed by atoms with Gasteiger partial charge in [0, 0.05) is 17.8 Å². The molecule has 2 rings (SSSR count). The van der Waals surface area contributed by atoms with Crippen molar-refractivity contribution in [2.75, 3.05) is 5.32 Å². The molecule has 0 heterocycles. The molecule has 0 bridgehead atoms. The summed E-state index contributed by atoms with van der Waals surface area (Å²) in [5.74, 6) is -0.289. The summed E-state index contributed by atoms with van der Waals surface area (Å²) in [6.07, 6.45) is -2.47. The van der Waals surface area contributed by atoms with Gasteiger partial charge in [-0.3, -0.25) is 0 Å². The zero-order valence-electron chi connectivity index (χ0n) is 10.5. The van der Waals surface area contributed by atoms with Crippen LogP contribution in [0, 0.1) is 12.7 Å². The number of anilines is 1. The second kappa shape index (κ2) is 5.78. The Bertz CT molecular complexity index is 567. The van der Waals surface area contributed by atoms with Crippen molar-refractivity contribution in [3.05, 3.63) is 65.0 Å². The first-order valence-electron chi connectivity index (χ1n) is 5.93. The number of rotatable bonds is 4. The molecular formula is C15H14F3N. The highest BCUT2D eigenvalue weighted by atomic mass is 19.3. The molecule has 19 heavy (non-hydrogen) atoms. The fourth-order valence-corrected chi connectivity index (χ4v) is 1.86. The molecule has 0 saturated carbocycles. The van der Waals surface area contributed by atoms with Crippen molar-refractivity contribution in [2.24, 2.45) is 0 Å². The first-order valence-corrected chi connectivity index (χ1v) is 5.93. The number of hydrogen-bond donors (Lipinski definition) is 1. The van der Waals surface area contributed by atoms with E-state index in [2.05, 4.69) is 5.32 Å². The van der Waals surface area contributed by atoms with Crippen LogP contribution in [0.2, 0.25) is 0 Å². The molecule has 2 aromatic rings. The Kier molecular flexibility index (Phi) is 4.10. The molecule has 0 atom stereocenters. The summed E-state index contributed by atoms with van der Waals surface area (Å²) in [5.41, 5.74) is 2.35. The van der Waals surface area contributed by atoms with E-state index in [1.54, 1.807) is 25.1 Å². The minimum atomic E-state index is -2.47. The zero-order chi connectivity index (χ0) is 13.8. The zero-order valence-corrected chi connectivity index (χ0v) is 10.5. The fourth-order valence-electron chi connectivity index (χ4n) is 1.86. The van der Waals surface area contributed by atoms with Gasteiger partial charge < -0.3 is 5.32 Å². The lowest BCUT2D eigenvalue weighted by atomic mass is 10.1. The maximum absolute atomic E-state index is 12.9. The Balaban J connectivity index is 2.08. The molecular weight excluding hydrogens is 251 g/mol. The second-order valence-electron chi connectivity index (χ2n) is 4.36. The van der Waals surface area contributed by atoms with Crippen LogP contribution in [0.5, 0.6) is 0 Å². The van der Waals surface area contributed by atoms with Gasteiger partial charge in [-0.15, -0.1) is 0 Å². The number of halogens is 3. The van der Waals surface area contributed by atoms with Gasteiger partial charge in [0.1, 0.15) is 5.82 Å². The Labute approximate surface area is 110 Å². The van der Waals surface area contributed by atoms with E-state index < -0.39 is 6.43 Å². The monoisotopic (exact) mass is 265 g/mol. The van der Waals surface area contributed by atoms with Crippen LogP contribution in [0.15, 0.2) is 42.5 Å². The molecule has 0 fully saturated rings. The highest BCUT2D eigenvalue weighted by molar-refractivity contribution is 5.51. The van der Waals surface area contributed by atoms with Crippen LogP contribution >= 0.6 is 0 Å². The fraction of sp³-hybridized carbons (Fsp3) is 0.200. The maximum Gasteiger partial charge on any atom is 0.263 e. The van der Waals surface area contributed by atoms with E-state index in [9.17, 15) is 13.2 Å². The van der Waals surface area contributed by atoms with Crippen molar-refractivity contribution in [1.29, 1.82) is 0 Å². The minimum Gasteiger partial charge on any atom is -0.381 e. The quantitative estimate of drug-likeness (QED) is 0.846. The summed E-state index contributed by atoms with van der Waals surface area (Å²) in [7, 11) is 0. The van der Waals surface area contributed by atoms with Crippen LogP contribution in [0.25, 0.3) is 0 Å². The number of hydrogen-bond acceptors (Lipinski definition) is 1. The van der Waals surface area contributed by atoms with E-state index in [1.165, 1.54) is 24.3 Å². The third-order valence-electron chi connectivity index (χ3n) is 2.87. The summed E-state index contributed by atoms with van der Waals surface area (Å²) in [5, 5.41) is 3.11. The molecule has 0 aromatic heterocycles. The van der Waals surface area contributed by atoms with Crippen molar-refractivity contribution < 1.29 is 13.2 Å². The Hall–Kier alpha value is -1.97. The molecule has 2 aromatic carbocycles. The SMILES string of the molecule is Cc1cc(F)ccc1NCc1cccc(C(F)F)c1. The molecule has 0 saturated heterocycles. The Morgan fingerprint density at radius 1 is 1.11 bits per heavy atom. The van der Waals surface area contributed by atoms with E-state index >= 15 is 0 Å². The molecule has 0 aliphatic heterocycles. The van der Waals surface area contributed by atoms with Gasteiger partial charge in [-0.05, 0) is 42.3 Å². The highest BCUT2D eigenvalue weighted by Crippen LogP contribution is 2.21. The third kappa shape index (κ3) is 3.50. The Morgan fingerprint density at radius 2 is 1.89 bits per heavy atom. The van der Waals surface area contributed by atoms with Crippen molar-refractivity contribution in [1.82, 2.24) is 0 Å². The molecule has 0 radical (unpaired) electrons. The van der Waals surface area contributed by atoms with Crippen LogP contribution in [-0.4, -0.2) is 0 Å². The highest BCUT2D eigenvalue weighted by Gasteiger charge is 2.07. The number of aryl methyl sites for hydroxylation is 1. The summed E-state index contributed by atoms with van der Waals surface area (Å²) in [6.45, 7) is 2.22. The first-order chi connectivity index (χ1) is 9.06. The van der Waals surface area contributed by atoms with Crippen molar-refractivity contribution in [3.63, 3.8) is 0 Å². The summed E-state index contributed by atoms with van der Waals surface area (Å²) < 4.78 is 38.1. The van der Waals surface area contributed by atoms with E-state index in [0.717, 1.165) is 16.8 Å². The van der Waals surface area contributed by atoms with Gasteiger partial charge in [-0.2, -0.15) is 0 Å². The molecule has 100 valence electrons. The van der Waals surface area contributed by atoms with E-state index in [0.29, 0.717) is 6.54 Å². The lowest BCUT2D eigenvalue weighted by Crippen LogP contribution is -2.02. The van der Waals surface area contributed by atoms with E-state index in [4.69, 9.17) is 0 Å². The maximum atomic E-state index is 12.9. The van der Waals surface area contributed by atoms with Gasteiger partial charge in [0.2, 0.25) is 0 Å². The van der Waals surface area contributed by atoms with Crippen LogP contribution in [0.3, 0.4) is 0 Å². The van der Waals surface area contributed by atoms with E-state index in [1.807, 2.05) is 0 Å². The van der Waals surface area contributed by atoms with Crippen molar-refractivity contribution >= 4 is 5.69 Å². The van der Waals surface area contributed by atoms with Crippen LogP contribution in [0.1, 0.15) is 23.1 Å². The van der Waals surface area contributed by atoms with Crippen molar-refractivity contribution in [2.45, 2.75) is 19.9 Å². The largest absolute Gasteiger partial charge is 0.381 e. The molecule has 0 unspecified atom stereocenters. The van der Waals surface area contributed by atoms with Crippen LogP contribution < -0.4 is 5.32 Å². The lowest BCUT2D eigenvalue weighted by molar-refractivity contribution is 0.151. The van der Waals surface area contributed by atoms with Gasteiger partial charge in [0.25, 0.3) is 6.43 Å². The van der Waals surface area contributed by atoms with Crippen LogP contribution in [0.4, 0.5) is 18.9 Å². The second-order valence-corrected chi connectivity index (χ2v) is 4.36. The molecule has 1 nitrogen and oxygen atoms in total. The molecule has 0 spiro atoms. The molecule has 4 heteroatoms. The van der Waals surface area contributed by atoms with Gasteiger partial charge in [-0.25, -0.2) is 13.2 Å². The predicted octanol–water partition coefficient (Wildman–Crippen LogP) is 4.68. The first kappa shape index (κ1) is 13.5. The van der Waals surface area contributed by atoms with Crippen molar-refractivity contribution in [3.8, 4) is 0 Å². The normalized spacial score (nSPS) is 10.8. The van der Waals surface area contributed by atoms with Gasteiger partial charge in [0.15, 0.2) is 0 Å². The summed E-state index contributed by atoms with van der Waals surface area (Å²) in [6, 6.07) is 10.7. The van der Waals surface area contributed by atoms with Gasteiger partial charge in [-0.1, -0.05) is 18.2 Å². The third-order valence-corrected chi connectivity index (χ3v) is 2.87. The topological polar surface area (TPSA) is 12.0 Å². The van der Waals surface area contributed by atoms with Gasteiger partial charge >= 0.3 is 0 Å². The predicted molar refractivity (Wildman–Crippen MR) is 69.9 cm³/mol. The standard InChI is InChI=1S/C15H14F3N/c1-10-7-13(16)5-6-14(10)19-9-11-3-2-4-12(8-11)15(17)18/h2-8,15,19H,9H2,1H3. The number of alkyl halides is 2. The Morgan fingerprint density at radius 3 is 2.58 bits per heavy atom. The van der Waals surface area contributed by atoms with Gasteiger partial charge in [0.05, 0.1) is 0 Å². The molecule has 0 aliphatic carbocycles. The molecule has 1 N–H and O–H groups in total.